The van der Waals surface area contributed by atoms with E-state index in [1.807, 2.05) is 0 Å². The number of fused-ring (bicyclic) bond motifs is 2. The summed E-state index contributed by atoms with van der Waals surface area (Å²) in [4.78, 5) is 0. The van der Waals surface area contributed by atoms with Crippen molar-refractivity contribution >= 4 is 0 Å². The predicted octanol–water partition coefficient (Wildman–Crippen LogP) is 3.32. The average molecular weight is 174 g/mol. The maximum absolute atomic E-state index is 13.2. The zero-order valence-electron chi connectivity index (χ0n) is 7.90. The van der Waals surface area contributed by atoms with Gasteiger partial charge in [0.05, 0.1) is 0 Å². The molecule has 3 rings (SSSR count). The van der Waals surface area contributed by atoms with E-state index in [9.17, 15) is 8.78 Å². The van der Waals surface area contributed by atoms with E-state index in [0.717, 1.165) is 6.42 Å². The van der Waals surface area contributed by atoms with Crippen LogP contribution in [-0.2, 0) is 0 Å². The lowest BCUT2D eigenvalue weighted by molar-refractivity contribution is -0.226. The molecular weight excluding hydrogens is 158 g/mol. The molecule has 12 heavy (non-hydrogen) atoms. The van der Waals surface area contributed by atoms with Gasteiger partial charge in [-0.3, -0.25) is 0 Å². The fraction of sp³-hybridized carbons (Fsp3) is 1.00. The van der Waals surface area contributed by atoms with Crippen molar-refractivity contribution in [2.75, 3.05) is 0 Å². The van der Waals surface area contributed by atoms with Crippen LogP contribution in [0, 0.1) is 23.2 Å². The zero-order chi connectivity index (χ0) is 9.15. The van der Waals surface area contributed by atoms with E-state index in [0.29, 0.717) is 0 Å². The average Bonchev–Trinajstić information content (AvgIpc) is 1.93. The van der Waals surface area contributed by atoms with Crippen LogP contribution in [-0.4, -0.2) is 5.92 Å². The van der Waals surface area contributed by atoms with Crippen molar-refractivity contribution in [3.05, 3.63) is 0 Å². The number of rotatable bonds is 0. The molecule has 0 aromatic heterocycles. The second-order valence-electron chi connectivity index (χ2n) is 5.11. The number of halogens is 2. The maximum Gasteiger partial charge on any atom is 0.251 e. The van der Waals surface area contributed by atoms with Crippen LogP contribution < -0.4 is 0 Å². The highest BCUT2D eigenvalue weighted by Gasteiger charge is 2.62. The molecule has 2 heteroatoms. The van der Waals surface area contributed by atoms with Crippen LogP contribution in [0.25, 0.3) is 0 Å². The van der Waals surface area contributed by atoms with Crippen LogP contribution in [0.3, 0.4) is 0 Å². The normalized spacial score (nSPS) is 48.2. The zero-order valence-corrected chi connectivity index (χ0v) is 7.90. The van der Waals surface area contributed by atoms with Gasteiger partial charge in [-0.25, -0.2) is 8.78 Å². The van der Waals surface area contributed by atoms with Crippen molar-refractivity contribution in [1.29, 1.82) is 0 Å². The van der Waals surface area contributed by atoms with E-state index in [1.165, 1.54) is 0 Å². The van der Waals surface area contributed by atoms with Gasteiger partial charge in [0.2, 0.25) is 0 Å². The number of hydrogen-bond acceptors (Lipinski definition) is 0. The molecule has 0 aliphatic heterocycles. The Hall–Kier alpha value is -0.140. The van der Waals surface area contributed by atoms with Gasteiger partial charge in [-0.15, -0.1) is 0 Å². The Labute approximate surface area is 72.3 Å². The summed E-state index contributed by atoms with van der Waals surface area (Å²) in [7, 11) is 0. The Morgan fingerprint density at radius 3 is 2.17 bits per heavy atom. The maximum atomic E-state index is 13.2. The topological polar surface area (TPSA) is 0 Å². The molecule has 0 amide bonds. The molecule has 2 bridgehead atoms. The molecule has 3 unspecified atom stereocenters. The second-order valence-corrected chi connectivity index (χ2v) is 5.11. The van der Waals surface area contributed by atoms with Gasteiger partial charge in [-0.05, 0) is 23.7 Å². The first-order valence-electron chi connectivity index (χ1n) is 4.73. The quantitative estimate of drug-likeness (QED) is 0.528. The SMILES string of the molecule is CC1C2CC(CC1(F)F)C2(C)C. The van der Waals surface area contributed by atoms with E-state index in [-0.39, 0.29) is 23.7 Å². The first-order chi connectivity index (χ1) is 5.36. The van der Waals surface area contributed by atoms with Gasteiger partial charge < -0.3 is 0 Å². The highest BCUT2D eigenvalue weighted by molar-refractivity contribution is 5.07. The molecular formula is C10H16F2. The summed E-state index contributed by atoms with van der Waals surface area (Å²) >= 11 is 0. The number of alkyl halides is 2. The molecule has 3 aliphatic rings. The lowest BCUT2D eigenvalue weighted by atomic mass is 9.45. The van der Waals surface area contributed by atoms with Gasteiger partial charge in [0.15, 0.2) is 0 Å². The summed E-state index contributed by atoms with van der Waals surface area (Å²) in [5.74, 6) is -2.26. The molecule has 70 valence electrons. The number of hydrogen-bond donors (Lipinski definition) is 0. The molecule has 0 aromatic carbocycles. The monoisotopic (exact) mass is 174 g/mol. The van der Waals surface area contributed by atoms with Crippen molar-refractivity contribution in [2.45, 2.75) is 39.5 Å². The summed E-state index contributed by atoms with van der Waals surface area (Å²) in [5, 5.41) is 0. The minimum absolute atomic E-state index is 0.123. The molecule has 0 radical (unpaired) electrons. The fourth-order valence-corrected chi connectivity index (χ4v) is 3.06. The van der Waals surface area contributed by atoms with Crippen LogP contribution in [0.2, 0.25) is 0 Å². The van der Waals surface area contributed by atoms with Gasteiger partial charge in [-0.1, -0.05) is 20.8 Å². The molecule has 0 spiro atoms. The third-order valence-corrected chi connectivity index (χ3v) is 4.33. The molecule has 0 nitrogen and oxygen atoms in total. The van der Waals surface area contributed by atoms with Crippen molar-refractivity contribution in [3.63, 3.8) is 0 Å². The lowest BCUT2D eigenvalue weighted by Crippen LogP contribution is -2.59. The lowest BCUT2D eigenvalue weighted by Gasteiger charge is -2.61. The van der Waals surface area contributed by atoms with E-state index in [2.05, 4.69) is 13.8 Å². The van der Waals surface area contributed by atoms with Gasteiger partial charge in [0.1, 0.15) is 0 Å². The first-order valence-corrected chi connectivity index (χ1v) is 4.73. The Balaban J connectivity index is 2.23. The minimum Gasteiger partial charge on any atom is -0.207 e. The van der Waals surface area contributed by atoms with E-state index in [1.54, 1.807) is 6.92 Å². The molecule has 0 aromatic rings. The smallest absolute Gasteiger partial charge is 0.207 e. The fourth-order valence-electron chi connectivity index (χ4n) is 3.06. The van der Waals surface area contributed by atoms with Gasteiger partial charge in [0, 0.05) is 12.3 Å². The third-order valence-electron chi connectivity index (χ3n) is 4.33. The van der Waals surface area contributed by atoms with E-state index < -0.39 is 11.8 Å². The Morgan fingerprint density at radius 1 is 1.25 bits per heavy atom. The summed E-state index contributed by atoms with van der Waals surface area (Å²) < 4.78 is 26.4. The summed E-state index contributed by atoms with van der Waals surface area (Å²) in [6, 6.07) is 0. The molecule has 0 N–H and O–H groups in total. The Kier molecular flexibility index (Phi) is 1.42. The van der Waals surface area contributed by atoms with Crippen LogP contribution in [0.1, 0.15) is 33.6 Å². The Bertz CT molecular complexity index is 200. The molecule has 3 aliphatic carbocycles. The third kappa shape index (κ3) is 0.813. The van der Waals surface area contributed by atoms with Gasteiger partial charge >= 0.3 is 0 Å². The summed E-state index contributed by atoms with van der Waals surface area (Å²) in [6.45, 7) is 5.98. The van der Waals surface area contributed by atoms with Crippen molar-refractivity contribution < 1.29 is 8.78 Å². The van der Waals surface area contributed by atoms with E-state index >= 15 is 0 Å². The minimum atomic E-state index is -2.39. The molecule has 0 heterocycles. The van der Waals surface area contributed by atoms with Gasteiger partial charge in [0.25, 0.3) is 5.92 Å². The second kappa shape index (κ2) is 2.02. The first kappa shape index (κ1) is 8.46. The van der Waals surface area contributed by atoms with Crippen LogP contribution >= 0.6 is 0 Å². The molecule has 0 saturated heterocycles. The highest BCUT2D eigenvalue weighted by atomic mass is 19.3. The summed E-state index contributed by atoms with van der Waals surface area (Å²) in [5.41, 5.74) is 0.182. The van der Waals surface area contributed by atoms with Crippen LogP contribution in [0.5, 0.6) is 0 Å². The molecule has 3 atom stereocenters. The highest BCUT2D eigenvalue weighted by Crippen LogP contribution is 2.65. The molecule has 3 saturated carbocycles. The largest absolute Gasteiger partial charge is 0.251 e. The van der Waals surface area contributed by atoms with Crippen LogP contribution in [0.15, 0.2) is 0 Å². The van der Waals surface area contributed by atoms with Crippen molar-refractivity contribution in [2.24, 2.45) is 23.2 Å². The van der Waals surface area contributed by atoms with Crippen molar-refractivity contribution in [1.82, 2.24) is 0 Å². The molecule has 3 fully saturated rings. The van der Waals surface area contributed by atoms with E-state index in [4.69, 9.17) is 0 Å². The summed E-state index contributed by atoms with van der Waals surface area (Å²) in [6.07, 6.45) is 1.15. The predicted molar refractivity (Wildman–Crippen MR) is 44.1 cm³/mol. The van der Waals surface area contributed by atoms with Crippen LogP contribution in [0.4, 0.5) is 8.78 Å². The Morgan fingerprint density at radius 2 is 1.83 bits per heavy atom. The van der Waals surface area contributed by atoms with Crippen molar-refractivity contribution in [3.8, 4) is 0 Å². The standard InChI is InChI=1S/C10H16F2/c1-6-8-4-7(9(8,2)3)5-10(6,11)12/h6-8H,4-5H2,1-3H3. The van der Waals surface area contributed by atoms with Gasteiger partial charge in [-0.2, -0.15) is 0 Å².